The SMILES string of the molecule is CC(C)c1c(O)cc(-c2nc3ccccc3o2)cc1O. The van der Waals surface area contributed by atoms with Crippen LogP contribution in [0.4, 0.5) is 0 Å². The number of aromatic nitrogens is 1. The van der Waals surface area contributed by atoms with Crippen molar-refractivity contribution in [3.05, 3.63) is 42.0 Å². The topological polar surface area (TPSA) is 66.5 Å². The molecule has 0 unspecified atom stereocenters. The van der Waals surface area contributed by atoms with E-state index in [1.807, 2.05) is 38.1 Å². The maximum atomic E-state index is 10.0. The van der Waals surface area contributed by atoms with Gasteiger partial charge in [0.15, 0.2) is 5.58 Å². The molecule has 0 bridgehead atoms. The molecule has 4 heteroatoms. The van der Waals surface area contributed by atoms with Gasteiger partial charge in [-0.3, -0.25) is 0 Å². The van der Waals surface area contributed by atoms with Crippen LogP contribution >= 0.6 is 0 Å². The van der Waals surface area contributed by atoms with Crippen LogP contribution in [0.1, 0.15) is 25.3 Å². The number of phenols is 2. The van der Waals surface area contributed by atoms with Gasteiger partial charge in [-0.1, -0.05) is 26.0 Å². The first kappa shape index (κ1) is 12.5. The fourth-order valence-corrected chi connectivity index (χ4v) is 2.33. The highest BCUT2D eigenvalue weighted by molar-refractivity contribution is 5.76. The maximum absolute atomic E-state index is 10.0. The molecule has 0 aliphatic carbocycles. The lowest BCUT2D eigenvalue weighted by atomic mass is 9.99. The summed E-state index contributed by atoms with van der Waals surface area (Å²) in [6.45, 7) is 3.82. The predicted octanol–water partition coefficient (Wildman–Crippen LogP) is 4.03. The molecule has 3 rings (SSSR count). The monoisotopic (exact) mass is 269 g/mol. The molecule has 1 aromatic heterocycles. The first-order valence-corrected chi connectivity index (χ1v) is 6.48. The summed E-state index contributed by atoms with van der Waals surface area (Å²) in [6.07, 6.45) is 0. The van der Waals surface area contributed by atoms with Gasteiger partial charge in [0.05, 0.1) is 0 Å². The van der Waals surface area contributed by atoms with Gasteiger partial charge < -0.3 is 14.6 Å². The number of rotatable bonds is 2. The first-order chi connectivity index (χ1) is 9.56. The first-order valence-electron chi connectivity index (χ1n) is 6.48. The van der Waals surface area contributed by atoms with E-state index in [4.69, 9.17) is 4.42 Å². The molecule has 0 aliphatic rings. The van der Waals surface area contributed by atoms with E-state index in [0.717, 1.165) is 5.52 Å². The normalized spacial score (nSPS) is 11.3. The summed E-state index contributed by atoms with van der Waals surface area (Å²) in [5.41, 5.74) is 2.51. The molecule has 0 aliphatic heterocycles. The van der Waals surface area contributed by atoms with E-state index in [0.29, 0.717) is 22.6 Å². The van der Waals surface area contributed by atoms with Crippen molar-refractivity contribution in [2.24, 2.45) is 0 Å². The molecule has 0 fully saturated rings. The van der Waals surface area contributed by atoms with E-state index >= 15 is 0 Å². The molecule has 0 amide bonds. The molecule has 2 N–H and O–H groups in total. The summed E-state index contributed by atoms with van der Waals surface area (Å²) in [6, 6.07) is 10.6. The predicted molar refractivity (Wildman–Crippen MR) is 76.9 cm³/mol. The second kappa shape index (κ2) is 4.56. The summed E-state index contributed by atoms with van der Waals surface area (Å²) in [5, 5.41) is 20.1. The van der Waals surface area contributed by atoms with Gasteiger partial charge in [-0.2, -0.15) is 0 Å². The van der Waals surface area contributed by atoms with E-state index in [-0.39, 0.29) is 17.4 Å². The van der Waals surface area contributed by atoms with Crippen molar-refractivity contribution in [1.82, 2.24) is 4.98 Å². The fourth-order valence-electron chi connectivity index (χ4n) is 2.33. The number of oxazole rings is 1. The molecule has 2 aromatic carbocycles. The van der Waals surface area contributed by atoms with Crippen molar-refractivity contribution >= 4 is 11.1 Å². The summed E-state index contributed by atoms with van der Waals surface area (Å²) in [7, 11) is 0. The fraction of sp³-hybridized carbons (Fsp3) is 0.188. The molecule has 0 atom stereocenters. The minimum absolute atomic E-state index is 0.0349. The zero-order valence-corrected chi connectivity index (χ0v) is 11.3. The quantitative estimate of drug-likeness (QED) is 0.737. The molecular weight excluding hydrogens is 254 g/mol. The third kappa shape index (κ3) is 1.99. The number of hydrogen-bond acceptors (Lipinski definition) is 4. The summed E-state index contributed by atoms with van der Waals surface area (Å²) in [5.74, 6) is 0.523. The lowest BCUT2D eigenvalue weighted by Crippen LogP contribution is -1.90. The van der Waals surface area contributed by atoms with Crippen molar-refractivity contribution in [3.8, 4) is 23.0 Å². The molecule has 1 heterocycles. The summed E-state index contributed by atoms with van der Waals surface area (Å²) < 4.78 is 5.63. The highest BCUT2D eigenvalue weighted by atomic mass is 16.3. The zero-order valence-electron chi connectivity index (χ0n) is 11.3. The van der Waals surface area contributed by atoms with Crippen LogP contribution in [0.2, 0.25) is 0 Å². The molecule has 20 heavy (non-hydrogen) atoms. The van der Waals surface area contributed by atoms with E-state index in [2.05, 4.69) is 4.98 Å². The van der Waals surface area contributed by atoms with Gasteiger partial charge in [-0.15, -0.1) is 0 Å². The molecule has 102 valence electrons. The smallest absolute Gasteiger partial charge is 0.227 e. The number of fused-ring (bicyclic) bond motifs is 1. The average Bonchev–Trinajstić information content (AvgIpc) is 2.81. The molecule has 0 radical (unpaired) electrons. The van der Waals surface area contributed by atoms with E-state index in [1.165, 1.54) is 0 Å². The highest BCUT2D eigenvalue weighted by Crippen LogP contribution is 2.38. The average molecular weight is 269 g/mol. The van der Waals surface area contributed by atoms with Crippen LogP contribution < -0.4 is 0 Å². The molecule has 4 nitrogen and oxygen atoms in total. The van der Waals surface area contributed by atoms with Crippen molar-refractivity contribution < 1.29 is 14.6 Å². The Labute approximate surface area is 116 Å². The van der Waals surface area contributed by atoms with Crippen LogP contribution in [0.25, 0.3) is 22.6 Å². The Hall–Kier alpha value is -2.49. The minimum atomic E-state index is 0.0349. The van der Waals surface area contributed by atoms with E-state index in [9.17, 15) is 10.2 Å². The largest absolute Gasteiger partial charge is 0.507 e. The second-order valence-corrected chi connectivity index (χ2v) is 5.07. The summed E-state index contributed by atoms with van der Waals surface area (Å²) in [4.78, 5) is 4.35. The van der Waals surface area contributed by atoms with Gasteiger partial charge >= 0.3 is 0 Å². The third-order valence-electron chi connectivity index (χ3n) is 3.25. The number of nitrogens with zero attached hydrogens (tertiary/aromatic N) is 1. The van der Waals surface area contributed by atoms with E-state index < -0.39 is 0 Å². The Kier molecular flexibility index (Phi) is 2.86. The number of phenolic OH excluding ortho intramolecular Hbond substituents is 2. The number of benzene rings is 2. The van der Waals surface area contributed by atoms with Gasteiger partial charge in [-0.05, 0) is 30.2 Å². The minimum Gasteiger partial charge on any atom is -0.507 e. The van der Waals surface area contributed by atoms with Crippen LogP contribution in [0, 0.1) is 0 Å². The Morgan fingerprint density at radius 3 is 2.30 bits per heavy atom. The molecule has 3 aromatic rings. The Balaban J connectivity index is 2.15. The number of aromatic hydroxyl groups is 2. The van der Waals surface area contributed by atoms with Gasteiger partial charge in [-0.25, -0.2) is 4.98 Å². The molecule has 0 saturated carbocycles. The second-order valence-electron chi connectivity index (χ2n) is 5.07. The van der Waals surface area contributed by atoms with Crippen molar-refractivity contribution in [2.45, 2.75) is 19.8 Å². The van der Waals surface area contributed by atoms with Crippen LogP contribution in [0.3, 0.4) is 0 Å². The highest BCUT2D eigenvalue weighted by Gasteiger charge is 2.16. The summed E-state index contributed by atoms with van der Waals surface area (Å²) >= 11 is 0. The Morgan fingerprint density at radius 1 is 1.05 bits per heavy atom. The maximum Gasteiger partial charge on any atom is 0.227 e. The van der Waals surface area contributed by atoms with Crippen molar-refractivity contribution in [3.63, 3.8) is 0 Å². The van der Waals surface area contributed by atoms with Crippen LogP contribution in [-0.4, -0.2) is 15.2 Å². The van der Waals surface area contributed by atoms with Crippen LogP contribution in [-0.2, 0) is 0 Å². The van der Waals surface area contributed by atoms with Gasteiger partial charge in [0.25, 0.3) is 0 Å². The Morgan fingerprint density at radius 2 is 1.70 bits per heavy atom. The van der Waals surface area contributed by atoms with Gasteiger partial charge in [0.1, 0.15) is 17.0 Å². The van der Waals surface area contributed by atoms with Gasteiger partial charge in [0.2, 0.25) is 5.89 Å². The molecule has 0 saturated heterocycles. The lowest BCUT2D eigenvalue weighted by Gasteiger charge is -2.11. The standard InChI is InChI=1S/C16H15NO3/c1-9(2)15-12(18)7-10(8-13(15)19)16-17-11-5-3-4-6-14(11)20-16/h3-9,18-19H,1-2H3. The number of para-hydroxylation sites is 2. The van der Waals surface area contributed by atoms with Crippen molar-refractivity contribution in [2.75, 3.05) is 0 Å². The van der Waals surface area contributed by atoms with Gasteiger partial charge in [0, 0.05) is 11.1 Å². The Bertz CT molecular complexity index is 718. The zero-order chi connectivity index (χ0) is 14.3. The van der Waals surface area contributed by atoms with Crippen LogP contribution in [0.15, 0.2) is 40.8 Å². The van der Waals surface area contributed by atoms with Crippen molar-refractivity contribution in [1.29, 1.82) is 0 Å². The van der Waals surface area contributed by atoms with Crippen LogP contribution in [0.5, 0.6) is 11.5 Å². The number of hydrogen-bond donors (Lipinski definition) is 2. The lowest BCUT2D eigenvalue weighted by molar-refractivity contribution is 0.433. The molecular formula is C16H15NO3. The van der Waals surface area contributed by atoms with E-state index in [1.54, 1.807) is 12.1 Å². The molecule has 0 spiro atoms. The third-order valence-corrected chi connectivity index (χ3v) is 3.25.